The van der Waals surface area contributed by atoms with Crippen molar-refractivity contribution in [2.45, 2.75) is 18.9 Å². The molecule has 1 aromatic heterocycles. The first-order chi connectivity index (χ1) is 9.78. The van der Waals surface area contributed by atoms with Gasteiger partial charge in [-0.3, -0.25) is 0 Å². The molecule has 4 heteroatoms. The minimum Gasteiger partial charge on any atom is -0.497 e. The third kappa shape index (κ3) is 2.66. The number of pyridine rings is 1. The van der Waals surface area contributed by atoms with Crippen molar-refractivity contribution in [3.05, 3.63) is 52.6 Å². The van der Waals surface area contributed by atoms with Crippen LogP contribution in [0.25, 0.3) is 0 Å². The molecule has 0 aliphatic carbocycles. The smallest absolute Gasteiger partial charge is 0.129 e. The van der Waals surface area contributed by atoms with Crippen LogP contribution in [0.3, 0.4) is 0 Å². The largest absolute Gasteiger partial charge is 0.497 e. The standard InChI is InChI=1S/C16H17BrN2O/c1-20-14-5-2-4-12(10-14)15-6-3-9-19(15)16-8-7-13(17)11-18-16/h2,4-5,7-8,10-11,15H,3,6,9H2,1H3. The van der Waals surface area contributed by atoms with Crippen molar-refractivity contribution >= 4 is 21.7 Å². The third-order valence-electron chi connectivity index (χ3n) is 3.74. The lowest BCUT2D eigenvalue weighted by atomic mass is 10.0. The monoisotopic (exact) mass is 332 g/mol. The minimum atomic E-state index is 0.388. The number of ether oxygens (including phenoxy) is 1. The molecule has 1 aliphatic heterocycles. The van der Waals surface area contributed by atoms with E-state index >= 15 is 0 Å². The number of hydrogen-bond donors (Lipinski definition) is 0. The molecule has 1 atom stereocenters. The van der Waals surface area contributed by atoms with Crippen LogP contribution < -0.4 is 9.64 Å². The van der Waals surface area contributed by atoms with Crippen LogP contribution in [0.2, 0.25) is 0 Å². The van der Waals surface area contributed by atoms with Crippen LogP contribution in [0.1, 0.15) is 24.4 Å². The van der Waals surface area contributed by atoms with Gasteiger partial charge in [0.2, 0.25) is 0 Å². The molecule has 1 aliphatic rings. The molecular weight excluding hydrogens is 316 g/mol. The molecule has 0 bridgehead atoms. The van der Waals surface area contributed by atoms with Gasteiger partial charge in [-0.15, -0.1) is 0 Å². The quantitative estimate of drug-likeness (QED) is 0.842. The fourth-order valence-electron chi connectivity index (χ4n) is 2.77. The van der Waals surface area contributed by atoms with Gasteiger partial charge in [0.25, 0.3) is 0 Å². The molecule has 0 saturated carbocycles. The van der Waals surface area contributed by atoms with Gasteiger partial charge in [0.15, 0.2) is 0 Å². The summed E-state index contributed by atoms with van der Waals surface area (Å²) in [4.78, 5) is 6.90. The summed E-state index contributed by atoms with van der Waals surface area (Å²) in [7, 11) is 1.71. The Hall–Kier alpha value is -1.55. The summed E-state index contributed by atoms with van der Waals surface area (Å²) in [5.74, 6) is 1.96. The second-order valence-electron chi connectivity index (χ2n) is 4.96. The fraction of sp³-hybridized carbons (Fsp3) is 0.312. The maximum Gasteiger partial charge on any atom is 0.129 e. The van der Waals surface area contributed by atoms with Crippen molar-refractivity contribution in [3.63, 3.8) is 0 Å². The molecule has 1 aromatic carbocycles. The van der Waals surface area contributed by atoms with Crippen LogP contribution in [0.4, 0.5) is 5.82 Å². The number of hydrogen-bond acceptors (Lipinski definition) is 3. The molecule has 1 unspecified atom stereocenters. The van der Waals surface area contributed by atoms with Gasteiger partial charge in [0.1, 0.15) is 11.6 Å². The Morgan fingerprint density at radius 2 is 2.20 bits per heavy atom. The molecule has 0 spiro atoms. The lowest BCUT2D eigenvalue weighted by Gasteiger charge is -2.26. The Labute approximate surface area is 127 Å². The molecular formula is C16H17BrN2O. The summed E-state index contributed by atoms with van der Waals surface area (Å²) in [5, 5.41) is 0. The highest BCUT2D eigenvalue weighted by molar-refractivity contribution is 9.10. The molecule has 0 radical (unpaired) electrons. The van der Waals surface area contributed by atoms with E-state index in [9.17, 15) is 0 Å². The molecule has 2 aromatic rings. The molecule has 2 heterocycles. The normalized spacial score (nSPS) is 18.3. The fourth-order valence-corrected chi connectivity index (χ4v) is 3.01. The second-order valence-corrected chi connectivity index (χ2v) is 5.88. The highest BCUT2D eigenvalue weighted by atomic mass is 79.9. The number of benzene rings is 1. The first kappa shape index (κ1) is 13.4. The van der Waals surface area contributed by atoms with E-state index in [0.717, 1.165) is 29.0 Å². The topological polar surface area (TPSA) is 25.4 Å². The van der Waals surface area contributed by atoms with Crippen molar-refractivity contribution in [1.29, 1.82) is 0 Å². The zero-order valence-electron chi connectivity index (χ0n) is 11.4. The van der Waals surface area contributed by atoms with E-state index in [1.54, 1.807) is 7.11 Å². The molecule has 104 valence electrons. The zero-order valence-corrected chi connectivity index (χ0v) is 13.0. The Morgan fingerprint density at radius 3 is 2.95 bits per heavy atom. The van der Waals surface area contributed by atoms with Crippen molar-refractivity contribution < 1.29 is 4.74 Å². The third-order valence-corrected chi connectivity index (χ3v) is 4.21. The maximum absolute atomic E-state index is 5.33. The number of aromatic nitrogens is 1. The molecule has 3 rings (SSSR count). The van der Waals surface area contributed by atoms with Crippen molar-refractivity contribution in [2.75, 3.05) is 18.6 Å². The molecule has 20 heavy (non-hydrogen) atoms. The van der Waals surface area contributed by atoms with Crippen molar-refractivity contribution in [3.8, 4) is 5.75 Å². The van der Waals surface area contributed by atoms with Gasteiger partial charge in [-0.2, -0.15) is 0 Å². The summed E-state index contributed by atoms with van der Waals surface area (Å²) in [6.07, 6.45) is 4.21. The first-order valence-corrected chi connectivity index (χ1v) is 7.59. The van der Waals surface area contributed by atoms with Crippen molar-refractivity contribution in [1.82, 2.24) is 4.98 Å². The lowest BCUT2D eigenvalue weighted by Crippen LogP contribution is -2.23. The van der Waals surface area contributed by atoms with Crippen LogP contribution in [0.15, 0.2) is 47.1 Å². The van der Waals surface area contributed by atoms with Gasteiger partial charge in [-0.05, 0) is 58.6 Å². The minimum absolute atomic E-state index is 0.388. The predicted molar refractivity (Wildman–Crippen MR) is 84.3 cm³/mol. The SMILES string of the molecule is COc1cccc(C2CCCN2c2ccc(Br)cn2)c1. The van der Waals surface area contributed by atoms with E-state index in [1.165, 1.54) is 12.0 Å². The van der Waals surface area contributed by atoms with Crippen LogP contribution in [0, 0.1) is 0 Å². The van der Waals surface area contributed by atoms with E-state index in [1.807, 2.05) is 18.3 Å². The Bertz CT molecular complexity index is 585. The van der Waals surface area contributed by atoms with Gasteiger partial charge < -0.3 is 9.64 Å². The number of halogens is 1. The highest BCUT2D eigenvalue weighted by Crippen LogP contribution is 2.36. The van der Waals surface area contributed by atoms with E-state index < -0.39 is 0 Å². The average molecular weight is 333 g/mol. The number of anilines is 1. The van der Waals surface area contributed by atoms with Gasteiger partial charge in [0, 0.05) is 17.2 Å². The average Bonchev–Trinajstić information content (AvgIpc) is 2.97. The summed E-state index contributed by atoms with van der Waals surface area (Å²) in [6, 6.07) is 12.8. The molecule has 1 fully saturated rings. The second kappa shape index (κ2) is 5.83. The van der Waals surface area contributed by atoms with Crippen molar-refractivity contribution in [2.24, 2.45) is 0 Å². The van der Waals surface area contributed by atoms with Gasteiger partial charge in [-0.25, -0.2) is 4.98 Å². The number of nitrogens with zero attached hydrogens (tertiary/aromatic N) is 2. The maximum atomic E-state index is 5.33. The number of rotatable bonds is 3. The first-order valence-electron chi connectivity index (χ1n) is 6.80. The molecule has 3 nitrogen and oxygen atoms in total. The zero-order chi connectivity index (χ0) is 13.9. The van der Waals surface area contributed by atoms with Crippen LogP contribution in [-0.4, -0.2) is 18.6 Å². The van der Waals surface area contributed by atoms with E-state index in [2.05, 4.69) is 50.1 Å². The van der Waals surface area contributed by atoms with Gasteiger partial charge >= 0.3 is 0 Å². The molecule has 0 amide bonds. The van der Waals surface area contributed by atoms with Crippen LogP contribution >= 0.6 is 15.9 Å². The Balaban J connectivity index is 1.90. The summed E-state index contributed by atoms with van der Waals surface area (Å²) in [6.45, 7) is 1.05. The Morgan fingerprint density at radius 1 is 1.30 bits per heavy atom. The summed E-state index contributed by atoms with van der Waals surface area (Å²) < 4.78 is 6.34. The Kier molecular flexibility index (Phi) is 3.92. The molecule has 0 N–H and O–H groups in total. The van der Waals surface area contributed by atoms with E-state index in [-0.39, 0.29) is 0 Å². The molecule has 1 saturated heterocycles. The van der Waals surface area contributed by atoms with Gasteiger partial charge in [0.05, 0.1) is 13.2 Å². The highest BCUT2D eigenvalue weighted by Gasteiger charge is 2.27. The van der Waals surface area contributed by atoms with Crippen LogP contribution in [0.5, 0.6) is 5.75 Å². The van der Waals surface area contributed by atoms with Crippen LogP contribution in [-0.2, 0) is 0 Å². The predicted octanol–water partition coefficient (Wildman–Crippen LogP) is 4.19. The summed E-state index contributed by atoms with van der Waals surface area (Å²) in [5.41, 5.74) is 1.30. The lowest BCUT2D eigenvalue weighted by molar-refractivity contribution is 0.414. The number of methoxy groups -OCH3 is 1. The summed E-state index contributed by atoms with van der Waals surface area (Å²) >= 11 is 3.44. The van der Waals surface area contributed by atoms with E-state index in [0.29, 0.717) is 6.04 Å². The van der Waals surface area contributed by atoms with Gasteiger partial charge in [-0.1, -0.05) is 12.1 Å². The van der Waals surface area contributed by atoms with E-state index in [4.69, 9.17) is 4.74 Å².